The van der Waals surface area contributed by atoms with Crippen LogP contribution in [0.2, 0.25) is 0 Å². The molecule has 0 aliphatic carbocycles. The first-order valence-corrected chi connectivity index (χ1v) is 7.36. The van der Waals surface area contributed by atoms with Gasteiger partial charge in [-0.1, -0.05) is 24.3 Å². The van der Waals surface area contributed by atoms with Gasteiger partial charge in [0.15, 0.2) is 0 Å². The largest absolute Gasteiger partial charge is 0.478 e. The van der Waals surface area contributed by atoms with Crippen molar-refractivity contribution in [1.29, 1.82) is 0 Å². The van der Waals surface area contributed by atoms with Gasteiger partial charge in [-0.3, -0.25) is 0 Å². The summed E-state index contributed by atoms with van der Waals surface area (Å²) in [5.41, 5.74) is -0.380. The van der Waals surface area contributed by atoms with Gasteiger partial charge in [0, 0.05) is 0 Å². The Morgan fingerprint density at radius 3 is 1.40 bits per heavy atom. The van der Waals surface area contributed by atoms with Crippen molar-refractivity contribution >= 4 is 11.9 Å². The third-order valence-corrected chi connectivity index (χ3v) is 1.86. The van der Waals surface area contributed by atoms with Gasteiger partial charge in [-0.05, 0) is 26.0 Å². The maximum Gasteiger partial charge on any atom is 0.336 e. The molecule has 7 nitrogen and oxygen atoms in total. The lowest BCUT2D eigenvalue weighted by molar-refractivity contribution is 0.0650. The van der Waals surface area contributed by atoms with Crippen LogP contribution in [0, 0.1) is 0 Å². The SMILES string of the molecule is C=CC.C=CC.O=C(O)c1ccccc1C(=O)O.OCCOCCO. The first kappa shape index (κ1) is 27.4. The maximum absolute atomic E-state index is 10.5. The Labute approximate surface area is 148 Å². The predicted octanol–water partition coefficient (Wildman–Crippen LogP) is 2.46. The highest BCUT2D eigenvalue weighted by atomic mass is 16.5. The lowest BCUT2D eigenvalue weighted by atomic mass is 10.1. The van der Waals surface area contributed by atoms with E-state index in [2.05, 4.69) is 17.9 Å². The molecule has 1 aromatic rings. The highest BCUT2D eigenvalue weighted by Gasteiger charge is 2.13. The van der Waals surface area contributed by atoms with E-state index in [0.717, 1.165) is 0 Å². The second-order valence-corrected chi connectivity index (χ2v) is 4.03. The van der Waals surface area contributed by atoms with Gasteiger partial charge in [0.25, 0.3) is 0 Å². The van der Waals surface area contributed by atoms with Gasteiger partial charge in [0.05, 0.1) is 37.6 Å². The lowest BCUT2D eigenvalue weighted by Gasteiger charge is -1.98. The average molecular weight is 356 g/mol. The molecule has 0 bridgehead atoms. The van der Waals surface area contributed by atoms with Gasteiger partial charge in [0.1, 0.15) is 0 Å². The van der Waals surface area contributed by atoms with Gasteiger partial charge < -0.3 is 25.2 Å². The second-order valence-electron chi connectivity index (χ2n) is 4.03. The Hall–Kier alpha value is -2.48. The molecule has 142 valence electrons. The van der Waals surface area contributed by atoms with Crippen molar-refractivity contribution < 1.29 is 34.8 Å². The summed E-state index contributed by atoms with van der Waals surface area (Å²) in [4.78, 5) is 20.9. The quantitative estimate of drug-likeness (QED) is 0.456. The zero-order valence-electron chi connectivity index (χ0n) is 14.7. The Morgan fingerprint density at radius 2 is 1.20 bits per heavy atom. The van der Waals surface area contributed by atoms with Crippen molar-refractivity contribution in [2.24, 2.45) is 0 Å². The van der Waals surface area contributed by atoms with E-state index < -0.39 is 11.9 Å². The molecule has 0 aromatic heterocycles. The smallest absolute Gasteiger partial charge is 0.336 e. The second kappa shape index (κ2) is 21.5. The number of aromatic carboxylic acids is 2. The number of carbonyl (C=O) groups is 2. The number of aliphatic hydroxyl groups is 2. The molecule has 0 amide bonds. The van der Waals surface area contributed by atoms with Gasteiger partial charge >= 0.3 is 11.9 Å². The van der Waals surface area contributed by atoms with Crippen LogP contribution in [0.15, 0.2) is 49.6 Å². The van der Waals surface area contributed by atoms with E-state index in [9.17, 15) is 9.59 Å². The summed E-state index contributed by atoms with van der Waals surface area (Å²) < 4.78 is 4.63. The van der Waals surface area contributed by atoms with Crippen LogP contribution in [-0.2, 0) is 4.74 Å². The van der Waals surface area contributed by atoms with Crippen molar-refractivity contribution in [2.45, 2.75) is 13.8 Å². The Morgan fingerprint density at radius 1 is 0.920 bits per heavy atom. The average Bonchev–Trinajstić information content (AvgIpc) is 2.57. The van der Waals surface area contributed by atoms with E-state index in [0.29, 0.717) is 13.2 Å². The highest BCUT2D eigenvalue weighted by molar-refractivity contribution is 6.01. The monoisotopic (exact) mass is 356 g/mol. The molecule has 0 saturated heterocycles. The van der Waals surface area contributed by atoms with Crippen molar-refractivity contribution in [3.8, 4) is 0 Å². The molecular formula is C18H28O7. The molecule has 0 heterocycles. The zero-order valence-corrected chi connectivity index (χ0v) is 14.7. The van der Waals surface area contributed by atoms with Gasteiger partial charge in [-0.2, -0.15) is 0 Å². The molecule has 0 radical (unpaired) electrons. The molecule has 1 aromatic carbocycles. The minimum absolute atomic E-state index is 0.0278. The molecule has 4 N–H and O–H groups in total. The fraction of sp³-hybridized carbons (Fsp3) is 0.333. The molecule has 0 unspecified atom stereocenters. The molecule has 0 aliphatic rings. The number of rotatable bonds is 6. The van der Waals surface area contributed by atoms with Crippen LogP contribution in [0.1, 0.15) is 34.6 Å². The minimum atomic E-state index is -1.23. The number of allylic oxidation sites excluding steroid dienone is 2. The number of ether oxygens (including phenoxy) is 1. The van der Waals surface area contributed by atoms with Crippen molar-refractivity contribution in [3.63, 3.8) is 0 Å². The third-order valence-electron chi connectivity index (χ3n) is 1.86. The maximum atomic E-state index is 10.5. The molecule has 25 heavy (non-hydrogen) atoms. The standard InChI is InChI=1S/C8H6O4.C4H10O3.2C3H6/c9-7(10)5-3-1-2-4-6(5)8(11)12;5-1-3-7-4-2-6;2*1-3-2/h1-4H,(H,9,10)(H,11,12);5-6H,1-4H2;2*3H,1H2,2H3. The van der Waals surface area contributed by atoms with Crippen LogP contribution in [0.4, 0.5) is 0 Å². The highest BCUT2D eigenvalue weighted by Crippen LogP contribution is 2.07. The normalized spacial score (nSPS) is 8.16. The summed E-state index contributed by atoms with van der Waals surface area (Å²) in [7, 11) is 0. The van der Waals surface area contributed by atoms with Crippen LogP contribution in [0.5, 0.6) is 0 Å². The van der Waals surface area contributed by atoms with E-state index in [1.54, 1.807) is 12.2 Å². The number of hydrogen-bond donors (Lipinski definition) is 4. The van der Waals surface area contributed by atoms with Crippen LogP contribution in [-0.4, -0.2) is 58.8 Å². The number of carboxylic acids is 2. The topological polar surface area (TPSA) is 124 Å². The van der Waals surface area contributed by atoms with Crippen LogP contribution < -0.4 is 0 Å². The molecule has 7 heteroatoms. The van der Waals surface area contributed by atoms with Gasteiger partial charge in [-0.25, -0.2) is 9.59 Å². The molecule has 0 fully saturated rings. The minimum Gasteiger partial charge on any atom is -0.478 e. The predicted molar refractivity (Wildman–Crippen MR) is 97.1 cm³/mol. The molecule has 0 saturated carbocycles. The number of aliphatic hydroxyl groups excluding tert-OH is 2. The van der Waals surface area contributed by atoms with Gasteiger partial charge in [0.2, 0.25) is 0 Å². The van der Waals surface area contributed by atoms with Crippen molar-refractivity contribution in [3.05, 3.63) is 60.7 Å². The number of carboxylic acid groups (broad SMARTS) is 2. The van der Waals surface area contributed by atoms with E-state index in [-0.39, 0.29) is 24.3 Å². The fourth-order valence-electron chi connectivity index (χ4n) is 1.09. The van der Waals surface area contributed by atoms with E-state index in [1.807, 2.05) is 13.8 Å². The number of benzene rings is 1. The molecule has 0 atom stereocenters. The molecular weight excluding hydrogens is 328 g/mol. The first-order valence-electron chi connectivity index (χ1n) is 7.36. The van der Waals surface area contributed by atoms with Crippen LogP contribution >= 0.6 is 0 Å². The van der Waals surface area contributed by atoms with E-state index >= 15 is 0 Å². The summed E-state index contributed by atoms with van der Waals surface area (Å²) in [6, 6.07) is 5.48. The molecule has 0 spiro atoms. The zero-order chi connectivity index (χ0) is 20.1. The van der Waals surface area contributed by atoms with Crippen molar-refractivity contribution in [2.75, 3.05) is 26.4 Å². The summed E-state index contributed by atoms with van der Waals surface area (Å²) in [6.45, 7) is 11.2. The number of hydrogen-bond acceptors (Lipinski definition) is 5. The summed E-state index contributed by atoms with van der Waals surface area (Å²) >= 11 is 0. The summed E-state index contributed by atoms with van der Waals surface area (Å²) in [6.07, 6.45) is 3.50. The van der Waals surface area contributed by atoms with E-state index in [1.165, 1.54) is 24.3 Å². The first-order chi connectivity index (χ1) is 11.9. The van der Waals surface area contributed by atoms with Gasteiger partial charge in [-0.15, -0.1) is 13.2 Å². The Balaban J connectivity index is -0.000000316. The Bertz CT molecular complexity index is 441. The van der Waals surface area contributed by atoms with Crippen LogP contribution in [0.3, 0.4) is 0 Å². The van der Waals surface area contributed by atoms with Crippen LogP contribution in [0.25, 0.3) is 0 Å². The third kappa shape index (κ3) is 19.5. The summed E-state index contributed by atoms with van der Waals surface area (Å²) in [5.74, 6) is -2.46. The Kier molecular flexibility index (Phi) is 23.6. The molecule has 0 aliphatic heterocycles. The summed E-state index contributed by atoms with van der Waals surface area (Å²) in [5, 5.41) is 33.3. The van der Waals surface area contributed by atoms with Crippen molar-refractivity contribution in [1.82, 2.24) is 0 Å². The molecule has 1 rings (SSSR count). The fourth-order valence-corrected chi connectivity index (χ4v) is 1.09. The lowest BCUT2D eigenvalue weighted by Crippen LogP contribution is -2.06. The van der Waals surface area contributed by atoms with E-state index in [4.69, 9.17) is 20.4 Å².